The van der Waals surface area contributed by atoms with Crippen LogP contribution in [-0.2, 0) is 14.8 Å². The van der Waals surface area contributed by atoms with Crippen LogP contribution in [-0.4, -0.2) is 40.6 Å². The number of amides is 1. The van der Waals surface area contributed by atoms with Crippen molar-refractivity contribution in [2.24, 2.45) is 0 Å². The molecule has 1 aliphatic heterocycles. The van der Waals surface area contributed by atoms with E-state index in [0.717, 1.165) is 23.3 Å². The van der Waals surface area contributed by atoms with Gasteiger partial charge in [0.1, 0.15) is 29.0 Å². The summed E-state index contributed by atoms with van der Waals surface area (Å²) in [5, 5.41) is 2.96. The van der Waals surface area contributed by atoms with Crippen molar-refractivity contribution in [3.05, 3.63) is 84.3 Å². The number of hydrogen-bond donors (Lipinski definition) is 1. The Hall–Kier alpha value is -3.56. The molecular formula is C25H23FN4O3S. The van der Waals surface area contributed by atoms with Gasteiger partial charge < -0.3 is 5.32 Å². The second kappa shape index (κ2) is 8.66. The minimum atomic E-state index is -3.96. The number of hydrogen-bond acceptors (Lipinski definition) is 4. The predicted molar refractivity (Wildman–Crippen MR) is 127 cm³/mol. The maximum atomic E-state index is 13.4. The number of fused-ring (bicyclic) bond motifs is 1. The Bertz CT molecular complexity index is 1470. The van der Waals surface area contributed by atoms with Crippen LogP contribution in [0.15, 0.2) is 77.8 Å². The lowest BCUT2D eigenvalue weighted by molar-refractivity contribution is -0.119. The SMILES string of the molecule is Cc1ccc2nc(-c3ccccc3)c(NC(=O)C3CCCN3S(=O)(=O)c3ccc(F)cc3)n2c1. The summed E-state index contributed by atoms with van der Waals surface area (Å²) in [6.07, 6.45) is 2.82. The maximum Gasteiger partial charge on any atom is 0.244 e. The number of halogens is 1. The van der Waals surface area contributed by atoms with Gasteiger partial charge in [0, 0.05) is 18.3 Å². The minimum Gasteiger partial charge on any atom is -0.309 e. The topological polar surface area (TPSA) is 83.8 Å². The maximum absolute atomic E-state index is 13.4. The molecule has 3 heterocycles. The molecule has 1 atom stereocenters. The molecule has 1 saturated heterocycles. The molecule has 1 aliphatic rings. The number of imidazole rings is 1. The van der Waals surface area contributed by atoms with Gasteiger partial charge in [0.05, 0.1) is 4.90 Å². The molecule has 9 heteroatoms. The number of rotatable bonds is 5. The molecule has 0 bridgehead atoms. The summed E-state index contributed by atoms with van der Waals surface area (Å²) >= 11 is 0. The van der Waals surface area contributed by atoms with Crippen LogP contribution in [0.3, 0.4) is 0 Å². The molecule has 1 unspecified atom stereocenters. The van der Waals surface area contributed by atoms with E-state index in [4.69, 9.17) is 4.98 Å². The van der Waals surface area contributed by atoms with Crippen LogP contribution in [0.5, 0.6) is 0 Å². The van der Waals surface area contributed by atoms with Crippen LogP contribution in [0.2, 0.25) is 0 Å². The van der Waals surface area contributed by atoms with Gasteiger partial charge >= 0.3 is 0 Å². The van der Waals surface area contributed by atoms with E-state index in [1.165, 1.54) is 16.4 Å². The van der Waals surface area contributed by atoms with E-state index in [-0.39, 0.29) is 11.4 Å². The summed E-state index contributed by atoms with van der Waals surface area (Å²) in [4.78, 5) is 18.1. The first-order valence-electron chi connectivity index (χ1n) is 11.0. The van der Waals surface area contributed by atoms with Crippen molar-refractivity contribution in [1.82, 2.24) is 13.7 Å². The molecule has 7 nitrogen and oxygen atoms in total. The third-order valence-corrected chi connectivity index (χ3v) is 7.90. The summed E-state index contributed by atoms with van der Waals surface area (Å²) in [6, 6.07) is 17.1. The second-order valence-electron chi connectivity index (χ2n) is 8.33. The normalized spacial score (nSPS) is 16.7. The first-order valence-corrected chi connectivity index (χ1v) is 12.4. The Morgan fingerprint density at radius 1 is 1.06 bits per heavy atom. The number of aryl methyl sites for hydroxylation is 1. The number of pyridine rings is 1. The van der Waals surface area contributed by atoms with Gasteiger partial charge in [0.15, 0.2) is 0 Å². The standard InChI is InChI=1S/C25H23FN4O3S/c1-17-9-14-22-27-23(18-6-3-2-4-7-18)24(29(22)16-17)28-25(31)21-8-5-15-30(21)34(32,33)20-12-10-19(26)11-13-20/h2-4,6-7,9-14,16,21H,5,8,15H2,1H3,(H,28,31). The Kier molecular flexibility index (Phi) is 5.66. The number of aromatic nitrogens is 2. The predicted octanol–water partition coefficient (Wildman–Crippen LogP) is 4.24. The van der Waals surface area contributed by atoms with Crippen molar-refractivity contribution in [3.63, 3.8) is 0 Å². The minimum absolute atomic E-state index is 0.0380. The smallest absolute Gasteiger partial charge is 0.244 e. The van der Waals surface area contributed by atoms with Crippen molar-refractivity contribution in [2.45, 2.75) is 30.7 Å². The molecule has 5 rings (SSSR count). The monoisotopic (exact) mass is 478 g/mol. The first kappa shape index (κ1) is 22.2. The zero-order valence-electron chi connectivity index (χ0n) is 18.5. The lowest BCUT2D eigenvalue weighted by atomic mass is 10.1. The average Bonchev–Trinajstić information content (AvgIpc) is 3.46. The zero-order chi connectivity index (χ0) is 23.9. The third kappa shape index (κ3) is 3.97. The Morgan fingerprint density at radius 3 is 2.53 bits per heavy atom. The highest BCUT2D eigenvalue weighted by Crippen LogP contribution is 2.31. The fraction of sp³-hybridized carbons (Fsp3) is 0.200. The van der Waals surface area contributed by atoms with E-state index in [9.17, 15) is 17.6 Å². The summed E-state index contributed by atoms with van der Waals surface area (Å²) < 4.78 is 42.8. The molecule has 4 aromatic rings. The molecule has 1 fully saturated rings. The van der Waals surface area contributed by atoms with Crippen molar-refractivity contribution in [2.75, 3.05) is 11.9 Å². The highest BCUT2D eigenvalue weighted by molar-refractivity contribution is 7.89. The fourth-order valence-electron chi connectivity index (χ4n) is 4.30. The molecule has 0 aliphatic carbocycles. The summed E-state index contributed by atoms with van der Waals surface area (Å²) in [5.41, 5.74) is 3.09. The van der Waals surface area contributed by atoms with Gasteiger partial charge in [-0.25, -0.2) is 17.8 Å². The van der Waals surface area contributed by atoms with Gasteiger partial charge in [0.25, 0.3) is 0 Å². The van der Waals surface area contributed by atoms with Crippen molar-refractivity contribution >= 4 is 27.4 Å². The van der Waals surface area contributed by atoms with Crippen LogP contribution in [0, 0.1) is 12.7 Å². The second-order valence-corrected chi connectivity index (χ2v) is 10.2. The molecule has 174 valence electrons. The molecule has 2 aromatic carbocycles. The van der Waals surface area contributed by atoms with E-state index in [2.05, 4.69) is 5.32 Å². The number of benzene rings is 2. The Balaban J connectivity index is 1.51. The molecule has 34 heavy (non-hydrogen) atoms. The van der Waals surface area contributed by atoms with E-state index >= 15 is 0 Å². The lowest BCUT2D eigenvalue weighted by Crippen LogP contribution is -2.43. The van der Waals surface area contributed by atoms with Gasteiger partial charge in [-0.05, 0) is 55.7 Å². The van der Waals surface area contributed by atoms with Crippen LogP contribution in [0.1, 0.15) is 18.4 Å². The first-order chi connectivity index (χ1) is 16.3. The number of nitrogens with one attached hydrogen (secondary N) is 1. The molecular weight excluding hydrogens is 455 g/mol. The van der Waals surface area contributed by atoms with E-state index in [1.54, 1.807) is 0 Å². The van der Waals surface area contributed by atoms with Gasteiger partial charge in [-0.3, -0.25) is 9.20 Å². The van der Waals surface area contributed by atoms with E-state index < -0.39 is 27.8 Å². The highest BCUT2D eigenvalue weighted by Gasteiger charge is 2.40. The van der Waals surface area contributed by atoms with Crippen LogP contribution < -0.4 is 5.32 Å². The zero-order valence-corrected chi connectivity index (χ0v) is 19.3. The van der Waals surface area contributed by atoms with Gasteiger partial charge in [-0.15, -0.1) is 0 Å². The van der Waals surface area contributed by atoms with Crippen LogP contribution in [0.4, 0.5) is 10.2 Å². The van der Waals surface area contributed by atoms with Crippen molar-refractivity contribution in [1.29, 1.82) is 0 Å². The Morgan fingerprint density at radius 2 is 1.79 bits per heavy atom. The average molecular weight is 479 g/mol. The van der Waals surface area contributed by atoms with E-state index in [0.29, 0.717) is 30.0 Å². The van der Waals surface area contributed by atoms with Crippen molar-refractivity contribution < 1.29 is 17.6 Å². The molecule has 0 radical (unpaired) electrons. The van der Waals surface area contributed by atoms with Gasteiger partial charge in [-0.1, -0.05) is 36.4 Å². The quantitative estimate of drug-likeness (QED) is 0.465. The number of carbonyl (C=O) groups is 1. The molecule has 1 amide bonds. The summed E-state index contributed by atoms with van der Waals surface area (Å²) in [5.74, 6) is -0.462. The van der Waals surface area contributed by atoms with Gasteiger partial charge in [-0.2, -0.15) is 4.31 Å². The van der Waals surface area contributed by atoms with Crippen molar-refractivity contribution in [3.8, 4) is 11.3 Å². The summed E-state index contributed by atoms with van der Waals surface area (Å²) in [7, 11) is -3.96. The number of nitrogens with zero attached hydrogens (tertiary/aromatic N) is 3. The molecule has 2 aromatic heterocycles. The molecule has 1 N–H and O–H groups in total. The van der Waals surface area contributed by atoms with Crippen LogP contribution in [0.25, 0.3) is 16.9 Å². The number of anilines is 1. The fourth-order valence-corrected chi connectivity index (χ4v) is 5.96. The number of sulfonamides is 1. The van der Waals surface area contributed by atoms with Gasteiger partial charge in [0.2, 0.25) is 15.9 Å². The summed E-state index contributed by atoms with van der Waals surface area (Å²) in [6.45, 7) is 2.16. The highest BCUT2D eigenvalue weighted by atomic mass is 32.2. The van der Waals surface area contributed by atoms with E-state index in [1.807, 2.05) is 60.0 Å². The third-order valence-electron chi connectivity index (χ3n) is 5.98. The lowest BCUT2D eigenvalue weighted by Gasteiger charge is -2.23. The molecule has 0 spiro atoms. The largest absolute Gasteiger partial charge is 0.309 e. The number of carbonyl (C=O) groups excluding carboxylic acids is 1. The molecule has 0 saturated carbocycles. The van der Waals surface area contributed by atoms with Crippen LogP contribution >= 0.6 is 0 Å². The Labute approximate surface area is 196 Å².